The number of benzene rings is 2. The van der Waals surface area contributed by atoms with E-state index < -0.39 is 11.9 Å². The van der Waals surface area contributed by atoms with Gasteiger partial charge in [-0.2, -0.15) is 0 Å². The Balaban J connectivity index is 1.78. The zero-order valence-corrected chi connectivity index (χ0v) is 19.6. The predicted molar refractivity (Wildman–Crippen MR) is 126 cm³/mol. The van der Waals surface area contributed by atoms with Crippen molar-refractivity contribution < 1.29 is 24.2 Å². The van der Waals surface area contributed by atoms with Crippen molar-refractivity contribution >= 4 is 41.4 Å². The normalized spacial score (nSPS) is 11.3. The number of halogens is 1. The molecular weight excluding hydrogens is 466 g/mol. The van der Waals surface area contributed by atoms with Gasteiger partial charge in [-0.3, -0.25) is 0 Å². The Kier molecular flexibility index (Phi) is 8.51. The summed E-state index contributed by atoms with van der Waals surface area (Å²) in [5.74, 6) is -0.432. The number of carbonyl (C=O) groups excluding carboxylic acids is 1. The molecule has 1 N–H and O–H groups in total. The molecule has 0 unspecified atom stereocenters. The predicted octanol–water partition coefficient (Wildman–Crippen LogP) is 4.78. The number of aliphatic carboxylic acids is 1. The molecule has 1 heterocycles. The molecule has 8 nitrogen and oxygen atoms in total. The minimum Gasteiger partial charge on any atom is -0.482 e. The van der Waals surface area contributed by atoms with Crippen LogP contribution in [0.1, 0.15) is 19.4 Å². The summed E-state index contributed by atoms with van der Waals surface area (Å²) < 4.78 is 12.0. The second-order valence-corrected chi connectivity index (χ2v) is 8.08. The lowest BCUT2D eigenvalue weighted by Crippen LogP contribution is -2.14. The van der Waals surface area contributed by atoms with Crippen LogP contribution in [-0.4, -0.2) is 45.0 Å². The molecule has 2 aromatic carbocycles. The van der Waals surface area contributed by atoms with Gasteiger partial charge in [-0.15, -0.1) is 10.2 Å². The zero-order chi connectivity index (χ0) is 23.8. The van der Waals surface area contributed by atoms with Gasteiger partial charge in [-0.05, 0) is 73.6 Å². The molecule has 10 heteroatoms. The average molecular weight is 488 g/mol. The number of hydrogen-bond donors (Lipinski definition) is 1. The number of ether oxygens (including phenoxy) is 2. The van der Waals surface area contributed by atoms with Gasteiger partial charge in [0.15, 0.2) is 17.6 Å². The lowest BCUT2D eigenvalue weighted by molar-refractivity contribution is -0.145. The molecule has 0 aliphatic rings. The summed E-state index contributed by atoms with van der Waals surface area (Å²) >= 11 is 6.98. The standard InChI is InChI=1S/C23H22ClN3O5S/c1-3-27-21(16-7-9-17(24)10-8-16)25-26-23(27)33-19(22(29)30)13-15-5-11-18(12-6-15)32-14-20(28)31-4-2/h5-13H,3-4,14H2,1-2H3,(H,29,30)/b19-13-. The van der Waals surface area contributed by atoms with Gasteiger partial charge < -0.3 is 19.1 Å². The molecule has 0 amide bonds. The molecular formula is C23H22ClN3O5S. The Labute approximate surface area is 200 Å². The number of rotatable bonds is 10. The Bertz CT molecular complexity index is 1140. The van der Waals surface area contributed by atoms with Crippen molar-refractivity contribution in [2.24, 2.45) is 0 Å². The van der Waals surface area contributed by atoms with Gasteiger partial charge in [-0.25, -0.2) is 9.59 Å². The lowest BCUT2D eigenvalue weighted by atomic mass is 10.2. The van der Waals surface area contributed by atoms with E-state index in [-0.39, 0.29) is 18.1 Å². The number of carboxylic acid groups (broad SMARTS) is 1. The molecule has 172 valence electrons. The molecule has 0 bridgehead atoms. The van der Waals surface area contributed by atoms with Crippen molar-refractivity contribution in [2.45, 2.75) is 25.5 Å². The smallest absolute Gasteiger partial charge is 0.344 e. The third kappa shape index (κ3) is 6.59. The Morgan fingerprint density at radius 2 is 1.79 bits per heavy atom. The first-order valence-corrected chi connectivity index (χ1v) is 11.3. The highest BCUT2D eigenvalue weighted by atomic mass is 35.5. The fraction of sp³-hybridized carbons (Fsp3) is 0.217. The maximum atomic E-state index is 11.9. The van der Waals surface area contributed by atoms with E-state index in [0.717, 1.165) is 17.3 Å². The quantitative estimate of drug-likeness (QED) is 0.247. The first-order valence-electron chi connectivity index (χ1n) is 10.1. The fourth-order valence-electron chi connectivity index (χ4n) is 2.85. The second kappa shape index (κ2) is 11.5. The van der Waals surface area contributed by atoms with E-state index in [1.165, 1.54) is 0 Å². The van der Waals surface area contributed by atoms with Gasteiger partial charge in [0.05, 0.1) is 6.61 Å². The molecule has 0 saturated carbocycles. The molecule has 0 aliphatic heterocycles. The van der Waals surface area contributed by atoms with Crippen molar-refractivity contribution in [1.29, 1.82) is 0 Å². The highest BCUT2D eigenvalue weighted by Crippen LogP contribution is 2.31. The number of carbonyl (C=O) groups is 2. The van der Waals surface area contributed by atoms with E-state index in [4.69, 9.17) is 21.1 Å². The van der Waals surface area contributed by atoms with Crippen molar-refractivity contribution in [1.82, 2.24) is 14.8 Å². The summed E-state index contributed by atoms with van der Waals surface area (Å²) in [4.78, 5) is 23.4. The largest absolute Gasteiger partial charge is 0.482 e. The van der Waals surface area contributed by atoms with E-state index in [1.54, 1.807) is 49.4 Å². The highest BCUT2D eigenvalue weighted by molar-refractivity contribution is 8.04. The number of esters is 1. The Hall–Kier alpha value is -3.30. The van der Waals surface area contributed by atoms with Crippen LogP contribution in [0, 0.1) is 0 Å². The summed E-state index contributed by atoms with van der Waals surface area (Å²) in [6.45, 7) is 4.31. The van der Waals surface area contributed by atoms with E-state index in [0.29, 0.717) is 33.9 Å². The van der Waals surface area contributed by atoms with Gasteiger partial charge in [-0.1, -0.05) is 23.7 Å². The highest BCUT2D eigenvalue weighted by Gasteiger charge is 2.18. The van der Waals surface area contributed by atoms with Gasteiger partial charge in [0.2, 0.25) is 0 Å². The van der Waals surface area contributed by atoms with Crippen molar-refractivity contribution in [3.05, 3.63) is 64.0 Å². The summed E-state index contributed by atoms with van der Waals surface area (Å²) in [5, 5.41) is 19.2. The fourth-order valence-corrected chi connectivity index (χ4v) is 3.86. The summed E-state index contributed by atoms with van der Waals surface area (Å²) in [7, 11) is 0. The first kappa shape index (κ1) is 24.3. The zero-order valence-electron chi connectivity index (χ0n) is 18.0. The van der Waals surface area contributed by atoms with E-state index in [2.05, 4.69) is 10.2 Å². The lowest BCUT2D eigenvalue weighted by Gasteiger charge is -2.08. The van der Waals surface area contributed by atoms with Crippen LogP contribution in [0.15, 0.2) is 58.6 Å². The molecule has 0 aliphatic carbocycles. The van der Waals surface area contributed by atoms with Crippen molar-refractivity contribution in [3.63, 3.8) is 0 Å². The molecule has 0 saturated heterocycles. The van der Waals surface area contributed by atoms with Crippen molar-refractivity contribution in [3.8, 4) is 17.1 Å². The first-order chi connectivity index (χ1) is 15.9. The van der Waals surface area contributed by atoms with E-state index in [1.807, 2.05) is 23.6 Å². The van der Waals surface area contributed by atoms with Crippen LogP contribution in [0.4, 0.5) is 0 Å². The van der Waals surface area contributed by atoms with Crippen LogP contribution in [-0.2, 0) is 20.9 Å². The third-order valence-corrected chi connectivity index (χ3v) is 5.64. The number of carboxylic acids is 1. The van der Waals surface area contributed by atoms with Crippen LogP contribution >= 0.6 is 23.4 Å². The van der Waals surface area contributed by atoms with Gasteiger partial charge in [0, 0.05) is 17.1 Å². The van der Waals surface area contributed by atoms with Crippen LogP contribution < -0.4 is 4.74 Å². The van der Waals surface area contributed by atoms with Crippen LogP contribution in [0.3, 0.4) is 0 Å². The van der Waals surface area contributed by atoms with Crippen LogP contribution in [0.2, 0.25) is 5.02 Å². The molecule has 0 radical (unpaired) electrons. The molecule has 0 spiro atoms. The second-order valence-electron chi connectivity index (χ2n) is 6.64. The topological polar surface area (TPSA) is 104 Å². The van der Waals surface area contributed by atoms with Crippen LogP contribution in [0.5, 0.6) is 5.75 Å². The summed E-state index contributed by atoms with van der Waals surface area (Å²) in [6, 6.07) is 13.9. The number of thioether (sulfide) groups is 1. The van der Waals surface area contributed by atoms with Gasteiger partial charge in [0.1, 0.15) is 10.7 Å². The van der Waals surface area contributed by atoms with Crippen LogP contribution in [0.25, 0.3) is 17.5 Å². The average Bonchev–Trinajstić information content (AvgIpc) is 3.21. The monoisotopic (exact) mass is 487 g/mol. The van der Waals surface area contributed by atoms with Crippen molar-refractivity contribution in [2.75, 3.05) is 13.2 Å². The number of aromatic nitrogens is 3. The molecule has 0 atom stereocenters. The third-order valence-electron chi connectivity index (χ3n) is 4.39. The number of nitrogens with zero attached hydrogens (tertiary/aromatic N) is 3. The van der Waals surface area contributed by atoms with E-state index in [9.17, 15) is 14.7 Å². The molecule has 1 aromatic heterocycles. The molecule has 3 aromatic rings. The maximum Gasteiger partial charge on any atom is 0.344 e. The Morgan fingerprint density at radius 3 is 2.39 bits per heavy atom. The van der Waals surface area contributed by atoms with E-state index >= 15 is 0 Å². The molecule has 3 rings (SSSR count). The SMILES string of the molecule is CCOC(=O)COc1ccc(/C=C(\Sc2nnc(-c3ccc(Cl)cc3)n2CC)C(=O)O)cc1. The summed E-state index contributed by atoms with van der Waals surface area (Å²) in [5.41, 5.74) is 1.49. The summed E-state index contributed by atoms with van der Waals surface area (Å²) in [6.07, 6.45) is 1.54. The maximum absolute atomic E-state index is 11.9. The minimum atomic E-state index is -1.08. The molecule has 0 fully saturated rings. The minimum absolute atomic E-state index is 0.0833. The Morgan fingerprint density at radius 1 is 1.09 bits per heavy atom. The van der Waals surface area contributed by atoms with Gasteiger partial charge >= 0.3 is 11.9 Å². The van der Waals surface area contributed by atoms with Gasteiger partial charge in [0.25, 0.3) is 0 Å². The molecule has 33 heavy (non-hydrogen) atoms. The number of hydrogen-bond acceptors (Lipinski definition) is 7.